The summed E-state index contributed by atoms with van der Waals surface area (Å²) in [6, 6.07) is 31.2. The van der Waals surface area contributed by atoms with E-state index in [9.17, 15) is 0 Å². The van der Waals surface area contributed by atoms with E-state index < -0.39 is 0 Å². The van der Waals surface area contributed by atoms with Crippen LogP contribution in [0.2, 0.25) is 10.0 Å². The van der Waals surface area contributed by atoms with Crippen molar-refractivity contribution in [3.63, 3.8) is 0 Å². The predicted molar refractivity (Wildman–Crippen MR) is 318 cm³/mol. The van der Waals surface area contributed by atoms with Crippen molar-refractivity contribution in [2.75, 3.05) is 0 Å². The Morgan fingerprint density at radius 1 is 0.329 bits per heavy atom. The third-order valence-corrected chi connectivity index (χ3v) is 25.4. The second-order valence-corrected chi connectivity index (χ2v) is 28.2. The Balaban J connectivity index is 0.776. The molecule has 4 aromatic carbocycles. The maximum Gasteiger partial charge on any atom is 0.114 e. The predicted octanol–water partition coefficient (Wildman–Crippen LogP) is 21.6. The van der Waals surface area contributed by atoms with Gasteiger partial charge in [-0.2, -0.15) is 17.5 Å². The molecule has 0 saturated carbocycles. The molecule has 0 unspecified atom stereocenters. The van der Waals surface area contributed by atoms with E-state index in [1.165, 1.54) is 105 Å². The van der Waals surface area contributed by atoms with Gasteiger partial charge in [0.2, 0.25) is 0 Å². The van der Waals surface area contributed by atoms with Gasteiger partial charge in [-0.05, 0) is 135 Å². The average Bonchev–Trinajstić information content (AvgIpc) is 4.19. The molecule has 342 valence electrons. The number of fused-ring (bicyclic) bond motifs is 6. The van der Waals surface area contributed by atoms with E-state index in [2.05, 4.69) is 126 Å². The number of rotatable bonds is 7. The van der Waals surface area contributed by atoms with Crippen LogP contribution >= 0.6 is 137 Å². The van der Waals surface area contributed by atoms with Crippen molar-refractivity contribution >= 4 is 200 Å². The van der Waals surface area contributed by atoms with E-state index in [1.807, 2.05) is 34.0 Å². The van der Waals surface area contributed by atoms with Crippen LogP contribution < -0.4 is 0 Å². The first-order valence-corrected chi connectivity index (χ1v) is 30.9. The molecule has 10 heterocycles. The van der Waals surface area contributed by atoms with E-state index in [0.29, 0.717) is 0 Å². The van der Waals surface area contributed by atoms with Gasteiger partial charge in [-0.3, -0.25) is 0 Å². The molecule has 0 bridgehead atoms. The Bertz CT molecular complexity index is 4440. The minimum Gasteiger partial charge on any atom is -0.172 e. The Hall–Kier alpha value is -4.26. The summed E-state index contributed by atoms with van der Waals surface area (Å²) in [4.78, 5) is 14.4. The topological polar surface area (TPSA) is 51.6 Å². The molecule has 0 radical (unpaired) electrons. The lowest BCUT2D eigenvalue weighted by Gasteiger charge is -2.05. The van der Waals surface area contributed by atoms with Gasteiger partial charge in [-0.1, -0.05) is 47.5 Å². The van der Waals surface area contributed by atoms with Gasteiger partial charge in [0.25, 0.3) is 0 Å². The van der Waals surface area contributed by atoms with Crippen molar-refractivity contribution < 1.29 is 0 Å². The largest absolute Gasteiger partial charge is 0.172 e. The summed E-state index contributed by atoms with van der Waals surface area (Å²) in [5.74, 6) is 0. The van der Waals surface area contributed by atoms with Crippen molar-refractivity contribution in [2.45, 2.75) is 41.5 Å². The molecule has 14 aromatic rings. The van der Waals surface area contributed by atoms with Gasteiger partial charge in [0, 0.05) is 101 Å². The second kappa shape index (κ2) is 16.6. The Morgan fingerprint density at radius 3 is 1.20 bits per heavy atom. The monoisotopic (exact) mass is 1130 g/mol. The molecule has 10 aromatic heterocycles. The van der Waals surface area contributed by atoms with Crippen LogP contribution in [0, 0.1) is 41.5 Å². The summed E-state index contributed by atoms with van der Waals surface area (Å²) in [6.07, 6.45) is 0. The molecule has 0 N–H and O–H groups in total. The summed E-state index contributed by atoms with van der Waals surface area (Å²) in [6.45, 7) is 13.3. The zero-order valence-corrected chi connectivity index (χ0v) is 47.4. The van der Waals surface area contributed by atoms with Crippen molar-refractivity contribution in [3.05, 3.63) is 127 Å². The van der Waals surface area contributed by atoms with E-state index in [0.717, 1.165) is 94.4 Å². The molecule has 0 atom stereocenters. The van der Waals surface area contributed by atoms with Crippen molar-refractivity contribution in [3.8, 4) is 71.0 Å². The zero-order valence-electron chi connectivity index (χ0n) is 37.7. The van der Waals surface area contributed by atoms with Crippen molar-refractivity contribution in [1.29, 1.82) is 0 Å². The third kappa shape index (κ3) is 6.68. The van der Waals surface area contributed by atoms with Gasteiger partial charge in [0.1, 0.15) is 22.1 Å². The normalized spacial score (nSPS) is 12.3. The summed E-state index contributed by atoms with van der Waals surface area (Å²) < 4.78 is 24.5. The molecular weight excluding hydrogens is 1100 g/mol. The number of halogens is 2. The van der Waals surface area contributed by atoms with Crippen LogP contribution in [0.15, 0.2) is 84.9 Å². The number of benzene rings is 4. The lowest BCUT2D eigenvalue weighted by atomic mass is 10.0. The molecule has 0 aliphatic carbocycles. The standard InChI is InChI=1S/C54H32Cl2N4S10/c1-21-7-12-33(61-21)27-8-9-29(47-45(27)57-69-59-47)35-14-17-38(64-35)53-43(55)41-25(5)52-42(26(6)51(41)67-53)44(56)54(68-52)39-18-15-36(65-39)30-11-10-28(46-48(30)60-70-58-46)34-13-16-37(63-34)40-20-32-24(4)49-31(19-22(2)62-49)23(3)50(32)66-40/h7-20H,1-6H3. The van der Waals surface area contributed by atoms with Gasteiger partial charge in [-0.15, -0.1) is 90.7 Å². The number of aryl methyl sites for hydroxylation is 6. The first-order chi connectivity index (χ1) is 34.0. The number of nitrogens with zero attached hydrogens (tertiary/aromatic N) is 4. The van der Waals surface area contributed by atoms with E-state index >= 15 is 0 Å². The van der Waals surface area contributed by atoms with Crippen LogP contribution in [0.1, 0.15) is 32.0 Å². The second-order valence-electron chi connectivity index (χ2n) is 17.5. The molecule has 0 aliphatic heterocycles. The summed E-state index contributed by atoms with van der Waals surface area (Å²) >= 11 is 31.9. The summed E-state index contributed by atoms with van der Waals surface area (Å²) in [5.41, 5.74) is 13.3. The minimum atomic E-state index is 0.797. The highest BCUT2D eigenvalue weighted by Gasteiger charge is 2.26. The maximum atomic E-state index is 7.49. The molecule has 0 fully saturated rings. The quantitative estimate of drug-likeness (QED) is 0.160. The SMILES string of the molecule is Cc1ccc(-c2ccc(-c3ccc(-c4sc5c(C)c6c(Cl)c(-c7ccc(-c8ccc(-c9ccc(-c%10cc%11c(C)c%12sc(C)cc%12c(C)c%11s%10)s9)c9nsnc89)s7)sc6c(C)c5c4Cl)s3)c3nsnc23)s1. The summed E-state index contributed by atoms with van der Waals surface area (Å²) in [7, 11) is 0. The molecule has 0 spiro atoms. The summed E-state index contributed by atoms with van der Waals surface area (Å²) in [5, 5.41) is 6.58. The van der Waals surface area contributed by atoms with Crippen LogP contribution in [0.4, 0.5) is 0 Å². The molecule has 0 aliphatic rings. The molecule has 14 rings (SSSR count). The Morgan fingerprint density at radius 2 is 0.729 bits per heavy atom. The number of hydrogen-bond donors (Lipinski definition) is 0. The van der Waals surface area contributed by atoms with Gasteiger partial charge < -0.3 is 0 Å². The minimum absolute atomic E-state index is 0.797. The van der Waals surface area contributed by atoms with E-state index in [1.54, 1.807) is 56.7 Å². The number of hydrogen-bond acceptors (Lipinski definition) is 14. The first-order valence-electron chi connectivity index (χ1n) is 22.1. The van der Waals surface area contributed by atoms with Crippen LogP contribution in [0.3, 0.4) is 0 Å². The van der Waals surface area contributed by atoms with Crippen molar-refractivity contribution in [2.24, 2.45) is 0 Å². The first kappa shape index (κ1) is 44.4. The smallest absolute Gasteiger partial charge is 0.114 e. The van der Waals surface area contributed by atoms with Crippen molar-refractivity contribution in [1.82, 2.24) is 17.5 Å². The number of thiophene rings is 8. The molecule has 70 heavy (non-hydrogen) atoms. The molecular formula is C54H32Cl2N4S10. The highest BCUT2D eigenvalue weighted by Crippen LogP contribution is 2.55. The average molecular weight is 1130 g/mol. The number of aromatic nitrogens is 4. The molecule has 4 nitrogen and oxygen atoms in total. The Labute approximate surface area is 452 Å². The van der Waals surface area contributed by atoms with Crippen LogP contribution in [0.5, 0.6) is 0 Å². The van der Waals surface area contributed by atoms with Crippen LogP contribution in [-0.2, 0) is 0 Å². The molecule has 16 heteroatoms. The van der Waals surface area contributed by atoms with Gasteiger partial charge in [-0.25, -0.2) is 0 Å². The fraction of sp³-hybridized carbons (Fsp3) is 0.111. The zero-order chi connectivity index (χ0) is 47.4. The lowest BCUT2D eigenvalue weighted by molar-refractivity contribution is 1.57. The fourth-order valence-electron chi connectivity index (χ4n) is 9.88. The lowest BCUT2D eigenvalue weighted by Crippen LogP contribution is -1.82. The highest BCUT2D eigenvalue weighted by atomic mass is 35.5. The van der Waals surface area contributed by atoms with Gasteiger partial charge in [0.05, 0.1) is 43.3 Å². The van der Waals surface area contributed by atoms with Gasteiger partial charge in [0.15, 0.2) is 0 Å². The van der Waals surface area contributed by atoms with Crippen LogP contribution in [-0.4, -0.2) is 17.5 Å². The van der Waals surface area contributed by atoms with E-state index in [-0.39, 0.29) is 0 Å². The van der Waals surface area contributed by atoms with Gasteiger partial charge >= 0.3 is 0 Å². The third-order valence-electron chi connectivity index (χ3n) is 13.3. The Kier molecular flexibility index (Phi) is 10.6. The highest BCUT2D eigenvalue weighted by molar-refractivity contribution is 7.30. The fourth-order valence-corrected chi connectivity index (χ4v) is 21.3. The molecule has 0 saturated heterocycles. The van der Waals surface area contributed by atoms with Crippen LogP contribution in [0.25, 0.3) is 133 Å². The molecule has 0 amide bonds. The van der Waals surface area contributed by atoms with E-state index in [4.69, 9.17) is 40.7 Å². The maximum absolute atomic E-state index is 7.49.